The molecule has 4 aromatic carbocycles. The Hall–Kier alpha value is -4.71. The molecule has 2 heterocycles. The molecule has 0 saturated heterocycles. The number of aromatic nitrogens is 1. The number of cyclic esters (lactones) is 1. The third-order valence-corrected chi connectivity index (χ3v) is 9.92. The van der Waals surface area contributed by atoms with Gasteiger partial charge >= 0.3 is 5.97 Å². The molecule has 0 radical (unpaired) electrons. The van der Waals surface area contributed by atoms with E-state index in [-0.39, 0.29) is 5.97 Å². The van der Waals surface area contributed by atoms with Gasteiger partial charge in [0, 0.05) is 64.7 Å². The maximum absolute atomic E-state index is 13.9. The van der Waals surface area contributed by atoms with Crippen LogP contribution < -0.4 is 14.4 Å². The lowest BCUT2D eigenvalue weighted by Gasteiger charge is -2.33. The van der Waals surface area contributed by atoms with Crippen LogP contribution >= 0.6 is 0 Å². The molecule has 6 heteroatoms. The van der Waals surface area contributed by atoms with Crippen LogP contribution in [0.4, 0.5) is 5.69 Å². The van der Waals surface area contributed by atoms with Gasteiger partial charge in [-0.2, -0.15) is 0 Å². The minimum atomic E-state index is -1.21. The number of unbranched alkanes of at least 4 members (excludes halogenated alkanes) is 5. The van der Waals surface area contributed by atoms with Gasteiger partial charge in [-0.1, -0.05) is 93.6 Å². The quantitative estimate of drug-likeness (QED) is 0.0735. The largest absolute Gasteiger partial charge is 0.490 e. The van der Waals surface area contributed by atoms with Crippen LogP contribution in [-0.4, -0.2) is 36.8 Å². The highest BCUT2D eigenvalue weighted by atomic mass is 16.6. The minimum absolute atomic E-state index is 0.325. The number of hydrogen-bond acceptors (Lipinski definition) is 5. The van der Waals surface area contributed by atoms with Crippen molar-refractivity contribution in [3.8, 4) is 11.5 Å². The van der Waals surface area contributed by atoms with Crippen molar-refractivity contribution in [2.75, 3.05) is 31.2 Å². The number of ether oxygens (including phenoxy) is 3. The summed E-state index contributed by atoms with van der Waals surface area (Å²) in [6.07, 6.45) is 7.36. The molecule has 256 valence electrons. The second-order valence-corrected chi connectivity index (χ2v) is 12.9. The number of aryl methyl sites for hydroxylation is 1. The number of carbonyl (C=O) groups excluding carboxylic acids is 1. The predicted octanol–water partition coefficient (Wildman–Crippen LogP) is 10.1. The van der Waals surface area contributed by atoms with E-state index in [1.807, 2.05) is 54.6 Å². The van der Waals surface area contributed by atoms with Crippen LogP contribution in [-0.2, 0) is 16.9 Å². The summed E-state index contributed by atoms with van der Waals surface area (Å²) in [4.78, 5) is 16.2. The number of esters is 1. The summed E-state index contributed by atoms with van der Waals surface area (Å²) in [7, 11) is 0. The molecule has 0 N–H and O–H groups in total. The van der Waals surface area contributed by atoms with Gasteiger partial charge < -0.3 is 23.7 Å². The van der Waals surface area contributed by atoms with Crippen molar-refractivity contribution in [2.45, 2.75) is 78.4 Å². The average molecular weight is 659 g/mol. The zero-order valence-corrected chi connectivity index (χ0v) is 29.5. The van der Waals surface area contributed by atoms with Gasteiger partial charge in [0.25, 0.3) is 0 Å². The lowest BCUT2D eigenvalue weighted by Crippen LogP contribution is -2.32. The molecule has 0 spiro atoms. The molecule has 6 rings (SSSR count). The van der Waals surface area contributed by atoms with E-state index in [0.29, 0.717) is 24.5 Å². The molecule has 1 unspecified atom stereocenters. The van der Waals surface area contributed by atoms with Gasteiger partial charge in [-0.05, 0) is 63.6 Å². The zero-order chi connectivity index (χ0) is 34.2. The summed E-state index contributed by atoms with van der Waals surface area (Å²) >= 11 is 0. The summed E-state index contributed by atoms with van der Waals surface area (Å²) in [5.41, 5.74) is 5.34. The molecule has 0 saturated carbocycles. The van der Waals surface area contributed by atoms with Crippen LogP contribution in [0.25, 0.3) is 10.9 Å². The number of para-hydroxylation sites is 2. The standard InChI is InChI=1S/C43H50N2O4/c1-5-8-9-10-11-19-28-45-32(4)41(36-23-16-18-25-39(36)45)43(37-24-17-15-22-35(37)42(46)49-43)38-27-26-33(44(6-2)7-3)31-40(38)48-30-29-47-34-20-13-12-14-21-34/h12-18,20-27,31H,5-11,19,28-30H2,1-4H3. The molecule has 0 fully saturated rings. The Kier molecular flexibility index (Phi) is 10.9. The maximum atomic E-state index is 13.9. The van der Waals surface area contributed by atoms with Gasteiger partial charge in [-0.25, -0.2) is 4.79 Å². The van der Waals surface area contributed by atoms with Crippen LogP contribution in [0, 0.1) is 6.92 Å². The number of benzene rings is 4. The first-order chi connectivity index (χ1) is 24.0. The first-order valence-corrected chi connectivity index (χ1v) is 18.1. The highest BCUT2D eigenvalue weighted by Crippen LogP contribution is 2.53. The lowest BCUT2D eigenvalue weighted by molar-refractivity contribution is 0.0244. The number of anilines is 1. The van der Waals surface area contributed by atoms with E-state index in [1.54, 1.807) is 0 Å². The normalized spacial score (nSPS) is 15.3. The second-order valence-electron chi connectivity index (χ2n) is 12.9. The van der Waals surface area contributed by atoms with Crippen LogP contribution in [0.1, 0.15) is 92.0 Å². The van der Waals surface area contributed by atoms with Gasteiger partial charge in [0.15, 0.2) is 5.60 Å². The zero-order valence-electron chi connectivity index (χ0n) is 29.5. The van der Waals surface area contributed by atoms with Crippen molar-refractivity contribution in [1.82, 2.24) is 4.57 Å². The lowest BCUT2D eigenvalue weighted by atomic mass is 9.78. The minimum Gasteiger partial charge on any atom is -0.490 e. The highest BCUT2D eigenvalue weighted by molar-refractivity contribution is 5.99. The van der Waals surface area contributed by atoms with E-state index < -0.39 is 5.60 Å². The summed E-state index contributed by atoms with van der Waals surface area (Å²) in [6.45, 7) is 12.1. The Bertz CT molecular complexity index is 1860. The molecule has 1 aliphatic rings. The van der Waals surface area contributed by atoms with E-state index in [0.717, 1.165) is 70.8 Å². The van der Waals surface area contributed by atoms with E-state index in [1.165, 1.54) is 32.1 Å². The van der Waals surface area contributed by atoms with Gasteiger partial charge in [-0.15, -0.1) is 0 Å². The summed E-state index contributed by atoms with van der Waals surface area (Å²) in [5.74, 6) is 1.15. The van der Waals surface area contributed by atoms with Crippen molar-refractivity contribution >= 4 is 22.6 Å². The Balaban J connectivity index is 1.49. The monoisotopic (exact) mass is 658 g/mol. The van der Waals surface area contributed by atoms with Crippen LogP contribution in [0.5, 0.6) is 11.5 Å². The van der Waals surface area contributed by atoms with E-state index >= 15 is 0 Å². The Morgan fingerprint density at radius 1 is 0.735 bits per heavy atom. The number of fused-ring (bicyclic) bond motifs is 2. The molecule has 5 aromatic rings. The number of rotatable bonds is 17. The molecule has 6 nitrogen and oxygen atoms in total. The molecular weight excluding hydrogens is 608 g/mol. The van der Waals surface area contributed by atoms with Gasteiger partial charge in [0.05, 0.1) is 5.56 Å². The van der Waals surface area contributed by atoms with E-state index in [2.05, 4.69) is 79.6 Å². The average Bonchev–Trinajstić information content (AvgIpc) is 3.59. The fraction of sp³-hybridized carbons (Fsp3) is 0.372. The molecule has 49 heavy (non-hydrogen) atoms. The number of hydrogen-bond donors (Lipinski definition) is 0. The van der Waals surface area contributed by atoms with Crippen LogP contribution in [0.2, 0.25) is 0 Å². The molecule has 1 atom stereocenters. The molecule has 0 aliphatic carbocycles. The first kappa shape index (κ1) is 34.2. The first-order valence-electron chi connectivity index (χ1n) is 18.1. The summed E-state index contributed by atoms with van der Waals surface area (Å²) in [6, 6.07) is 32.5. The van der Waals surface area contributed by atoms with Gasteiger partial charge in [0.1, 0.15) is 24.7 Å². The molecule has 1 aromatic heterocycles. The van der Waals surface area contributed by atoms with Crippen LogP contribution in [0.15, 0.2) is 97.1 Å². The van der Waals surface area contributed by atoms with Gasteiger partial charge in [0.2, 0.25) is 0 Å². The molecule has 0 amide bonds. The molecule has 0 bridgehead atoms. The smallest absolute Gasteiger partial charge is 0.340 e. The Labute approximate surface area is 291 Å². The molecular formula is C43H50N2O4. The van der Waals surface area contributed by atoms with E-state index in [9.17, 15) is 4.79 Å². The predicted molar refractivity (Wildman–Crippen MR) is 199 cm³/mol. The number of nitrogens with zero attached hydrogens (tertiary/aromatic N) is 2. The van der Waals surface area contributed by atoms with Crippen molar-refractivity contribution in [3.63, 3.8) is 0 Å². The highest BCUT2D eigenvalue weighted by Gasteiger charge is 2.52. The van der Waals surface area contributed by atoms with Crippen molar-refractivity contribution in [2.24, 2.45) is 0 Å². The van der Waals surface area contributed by atoms with E-state index in [4.69, 9.17) is 14.2 Å². The second kappa shape index (κ2) is 15.7. The Morgan fingerprint density at radius 3 is 2.22 bits per heavy atom. The Morgan fingerprint density at radius 2 is 1.43 bits per heavy atom. The summed E-state index contributed by atoms with van der Waals surface area (Å²) in [5, 5.41) is 1.08. The fourth-order valence-corrected chi connectivity index (χ4v) is 7.49. The van der Waals surface area contributed by atoms with Crippen LogP contribution in [0.3, 0.4) is 0 Å². The molecule has 1 aliphatic heterocycles. The van der Waals surface area contributed by atoms with Crippen molar-refractivity contribution in [3.05, 3.63) is 125 Å². The van der Waals surface area contributed by atoms with Crippen molar-refractivity contribution in [1.29, 1.82) is 0 Å². The third kappa shape index (κ3) is 6.79. The van der Waals surface area contributed by atoms with Crippen molar-refractivity contribution < 1.29 is 19.0 Å². The van der Waals surface area contributed by atoms with Gasteiger partial charge in [-0.3, -0.25) is 0 Å². The number of carbonyl (C=O) groups is 1. The third-order valence-electron chi connectivity index (χ3n) is 9.92. The topological polar surface area (TPSA) is 52.9 Å². The summed E-state index contributed by atoms with van der Waals surface area (Å²) < 4.78 is 21.9. The fourth-order valence-electron chi connectivity index (χ4n) is 7.49. The maximum Gasteiger partial charge on any atom is 0.340 e. The SMILES string of the molecule is CCCCCCCCn1c(C)c(C2(c3ccc(N(CC)CC)cc3OCCOc3ccccc3)OC(=O)c3ccccc32)c2ccccc21.